The number of rotatable bonds is 5. The van der Waals surface area contributed by atoms with E-state index in [1.54, 1.807) is 42.5 Å². The summed E-state index contributed by atoms with van der Waals surface area (Å²) >= 11 is 0. The van der Waals surface area contributed by atoms with E-state index in [1.807, 2.05) is 78.9 Å². The highest BCUT2D eigenvalue weighted by Gasteiger charge is 2.22. The van der Waals surface area contributed by atoms with E-state index in [4.69, 9.17) is 0 Å². The van der Waals surface area contributed by atoms with Crippen molar-refractivity contribution in [2.45, 2.75) is 4.90 Å². The van der Waals surface area contributed by atoms with Crippen LogP contribution in [-0.4, -0.2) is 8.42 Å². The highest BCUT2D eigenvalue weighted by Crippen LogP contribution is 2.30. The molecule has 0 spiro atoms. The van der Waals surface area contributed by atoms with Gasteiger partial charge in [0.1, 0.15) is 4.91 Å². The summed E-state index contributed by atoms with van der Waals surface area (Å²) in [7, 11) is -3.78. The van der Waals surface area contributed by atoms with E-state index < -0.39 is 9.84 Å². The van der Waals surface area contributed by atoms with Crippen molar-refractivity contribution in [3.63, 3.8) is 0 Å². The summed E-state index contributed by atoms with van der Waals surface area (Å²) in [5.74, 6) is 0. The molecule has 0 unspecified atom stereocenters. The van der Waals surface area contributed by atoms with Crippen LogP contribution in [-0.2, 0) is 9.84 Å². The van der Waals surface area contributed by atoms with Gasteiger partial charge < -0.3 is 0 Å². The summed E-state index contributed by atoms with van der Waals surface area (Å²) < 4.78 is 27.2. The minimum Gasteiger partial charge on any atom is -0.218 e. The van der Waals surface area contributed by atoms with Gasteiger partial charge in [-0.15, -0.1) is 0 Å². The zero-order chi connectivity index (χ0) is 20.8. The maximum atomic E-state index is 13.6. The first kappa shape index (κ1) is 19.7. The molecule has 0 fully saturated rings. The van der Waals surface area contributed by atoms with Crippen molar-refractivity contribution in [3.05, 3.63) is 144 Å². The van der Waals surface area contributed by atoms with Crippen LogP contribution in [0.3, 0.4) is 0 Å². The second kappa shape index (κ2) is 8.79. The van der Waals surface area contributed by atoms with Crippen LogP contribution in [0.15, 0.2) is 132 Å². The molecule has 4 aromatic rings. The van der Waals surface area contributed by atoms with Crippen molar-refractivity contribution in [2.24, 2.45) is 0 Å². The zero-order valence-electron chi connectivity index (χ0n) is 16.3. The number of hydrogen-bond acceptors (Lipinski definition) is 2. The molecular formula is C27H20O2S. The Morgan fingerprint density at radius 2 is 0.867 bits per heavy atom. The molecule has 3 heteroatoms. The van der Waals surface area contributed by atoms with Crippen molar-refractivity contribution < 1.29 is 8.42 Å². The van der Waals surface area contributed by atoms with E-state index in [0.29, 0.717) is 5.56 Å². The Bertz CT molecular complexity index is 1250. The molecule has 0 aliphatic rings. The van der Waals surface area contributed by atoms with Gasteiger partial charge in [0.05, 0.1) is 4.90 Å². The molecule has 0 amide bonds. The van der Waals surface area contributed by atoms with E-state index in [9.17, 15) is 8.42 Å². The Morgan fingerprint density at radius 3 is 1.30 bits per heavy atom. The predicted octanol–water partition coefficient (Wildman–Crippen LogP) is 6.23. The van der Waals surface area contributed by atoms with Gasteiger partial charge in [0.25, 0.3) is 0 Å². The van der Waals surface area contributed by atoms with E-state index in [-0.39, 0.29) is 9.80 Å². The molecule has 0 aliphatic carbocycles. The number of hydrogen-bond donors (Lipinski definition) is 0. The topological polar surface area (TPSA) is 34.1 Å². The van der Waals surface area contributed by atoms with Crippen molar-refractivity contribution in [1.29, 1.82) is 0 Å². The van der Waals surface area contributed by atoms with Gasteiger partial charge in [-0.3, -0.25) is 0 Å². The molecule has 0 aliphatic heterocycles. The minimum atomic E-state index is -3.78. The predicted molar refractivity (Wildman–Crippen MR) is 122 cm³/mol. The third-order valence-electron chi connectivity index (χ3n) is 4.72. The van der Waals surface area contributed by atoms with E-state index in [0.717, 1.165) is 16.7 Å². The van der Waals surface area contributed by atoms with Crippen molar-refractivity contribution in [3.8, 4) is 0 Å². The van der Waals surface area contributed by atoms with Crippen LogP contribution in [0.5, 0.6) is 0 Å². The second-order valence-electron chi connectivity index (χ2n) is 6.74. The smallest absolute Gasteiger partial charge is 0.214 e. The van der Waals surface area contributed by atoms with Crippen LogP contribution in [0, 0.1) is 0 Å². The molecule has 4 aromatic carbocycles. The Hall–Kier alpha value is -3.65. The maximum absolute atomic E-state index is 13.6. The van der Waals surface area contributed by atoms with E-state index >= 15 is 0 Å². The second-order valence-corrected chi connectivity index (χ2v) is 8.63. The third-order valence-corrected chi connectivity index (χ3v) is 6.49. The largest absolute Gasteiger partial charge is 0.218 e. The molecule has 0 atom stereocenters. The lowest BCUT2D eigenvalue weighted by molar-refractivity contribution is 0.606. The first-order chi connectivity index (χ1) is 14.7. The van der Waals surface area contributed by atoms with Gasteiger partial charge in [-0.05, 0) is 23.3 Å². The fourth-order valence-corrected chi connectivity index (χ4v) is 4.67. The van der Waals surface area contributed by atoms with E-state index in [1.165, 1.54) is 0 Å². The molecule has 0 heterocycles. The molecule has 0 bridgehead atoms. The van der Waals surface area contributed by atoms with Crippen LogP contribution in [0.1, 0.15) is 16.7 Å². The monoisotopic (exact) mass is 408 g/mol. The molecule has 0 saturated heterocycles. The molecule has 0 aromatic heterocycles. The lowest BCUT2D eigenvalue weighted by Gasteiger charge is -2.10. The fraction of sp³-hybridized carbons (Fsp3) is 0. The van der Waals surface area contributed by atoms with Crippen LogP contribution >= 0.6 is 0 Å². The highest BCUT2D eigenvalue weighted by molar-refractivity contribution is 8.00. The zero-order valence-corrected chi connectivity index (χ0v) is 17.1. The van der Waals surface area contributed by atoms with Gasteiger partial charge in [0, 0.05) is 11.1 Å². The average molecular weight is 409 g/mol. The lowest BCUT2D eigenvalue weighted by Crippen LogP contribution is -2.04. The summed E-state index contributed by atoms with van der Waals surface area (Å²) in [6, 6.07) is 37.1. The highest BCUT2D eigenvalue weighted by atomic mass is 32.2. The molecule has 2 nitrogen and oxygen atoms in total. The number of benzene rings is 4. The first-order valence-electron chi connectivity index (χ1n) is 9.63. The SMILES string of the molecule is O=S(=O)(C(=C=C(c1ccccc1)c1ccccc1)c1ccccc1)c1ccccc1. The van der Waals surface area contributed by atoms with Crippen molar-refractivity contribution >= 4 is 20.3 Å². The van der Waals surface area contributed by atoms with Crippen molar-refractivity contribution in [2.75, 3.05) is 0 Å². The summed E-state index contributed by atoms with van der Waals surface area (Å²) in [5, 5.41) is 0. The van der Waals surface area contributed by atoms with E-state index in [2.05, 4.69) is 5.73 Å². The maximum Gasteiger partial charge on any atom is 0.214 e. The summed E-state index contributed by atoms with van der Waals surface area (Å²) in [4.78, 5) is 0.397. The fourth-order valence-electron chi connectivity index (χ4n) is 3.24. The number of sulfone groups is 1. The Labute approximate surface area is 177 Å². The third kappa shape index (κ3) is 4.18. The normalized spacial score (nSPS) is 10.8. The quantitative estimate of drug-likeness (QED) is 0.367. The van der Waals surface area contributed by atoms with Gasteiger partial charge in [-0.2, -0.15) is 0 Å². The van der Waals surface area contributed by atoms with Gasteiger partial charge in [0.15, 0.2) is 0 Å². The van der Waals surface area contributed by atoms with Crippen LogP contribution in [0.25, 0.3) is 10.5 Å². The Balaban J connectivity index is 2.09. The van der Waals surface area contributed by atoms with Crippen LogP contribution in [0.4, 0.5) is 0 Å². The van der Waals surface area contributed by atoms with Crippen LogP contribution < -0.4 is 0 Å². The average Bonchev–Trinajstić information content (AvgIpc) is 2.82. The van der Waals surface area contributed by atoms with Crippen LogP contribution in [0.2, 0.25) is 0 Å². The van der Waals surface area contributed by atoms with Crippen molar-refractivity contribution in [1.82, 2.24) is 0 Å². The molecule has 0 saturated carbocycles. The molecular weight excluding hydrogens is 388 g/mol. The Morgan fingerprint density at radius 1 is 0.500 bits per heavy atom. The lowest BCUT2D eigenvalue weighted by atomic mass is 9.98. The van der Waals surface area contributed by atoms with Gasteiger partial charge >= 0.3 is 0 Å². The van der Waals surface area contributed by atoms with Gasteiger partial charge in [0.2, 0.25) is 9.84 Å². The molecule has 146 valence electrons. The minimum absolute atomic E-state index is 0.150. The standard InChI is InChI=1S/C27H20O2S/c28-30(29,25-19-11-4-12-20-25)27(24-17-9-3-10-18-24)21-26(22-13-5-1-6-14-22)23-15-7-2-8-16-23/h1-20H. The molecule has 0 N–H and O–H groups in total. The molecule has 4 rings (SSSR count). The molecule has 30 heavy (non-hydrogen) atoms. The summed E-state index contributed by atoms with van der Waals surface area (Å²) in [6.07, 6.45) is 0. The summed E-state index contributed by atoms with van der Waals surface area (Å²) in [6.45, 7) is 0. The summed E-state index contributed by atoms with van der Waals surface area (Å²) in [5.41, 5.74) is 6.43. The van der Waals surface area contributed by atoms with Gasteiger partial charge in [-0.1, -0.05) is 115 Å². The Kier molecular flexibility index (Phi) is 5.76. The first-order valence-corrected chi connectivity index (χ1v) is 11.1. The van der Waals surface area contributed by atoms with Gasteiger partial charge in [-0.25, -0.2) is 8.42 Å². The molecule has 0 radical (unpaired) electrons.